The molecule has 2 bridgehead atoms. The lowest BCUT2D eigenvalue weighted by molar-refractivity contribution is 0.219. The number of benzene rings is 2. The highest BCUT2D eigenvalue weighted by molar-refractivity contribution is 5.83. The second-order valence-electron chi connectivity index (χ2n) is 7.54. The zero-order chi connectivity index (χ0) is 15.3. The van der Waals surface area contributed by atoms with Crippen molar-refractivity contribution in [3.05, 3.63) is 47.8 Å². The molecule has 116 valence electrons. The van der Waals surface area contributed by atoms with Gasteiger partial charge in [0.1, 0.15) is 5.82 Å². The molecule has 4 rings (SSSR count). The number of fused-ring (bicyclic) bond motifs is 3. The summed E-state index contributed by atoms with van der Waals surface area (Å²) in [5.41, 5.74) is 1.47. The predicted molar refractivity (Wildman–Crippen MR) is 89.5 cm³/mol. The molecule has 2 heteroatoms. The molecule has 0 heterocycles. The monoisotopic (exact) mass is 297 g/mol. The van der Waals surface area contributed by atoms with E-state index in [-0.39, 0.29) is 5.82 Å². The highest BCUT2D eigenvalue weighted by atomic mass is 19.1. The van der Waals surface area contributed by atoms with Crippen LogP contribution in [0.5, 0.6) is 0 Å². The molecule has 2 aliphatic carbocycles. The third-order valence-corrected chi connectivity index (χ3v) is 5.88. The Morgan fingerprint density at radius 2 is 1.73 bits per heavy atom. The molecule has 0 saturated heterocycles. The molecule has 2 aliphatic rings. The van der Waals surface area contributed by atoms with Gasteiger partial charge in [-0.1, -0.05) is 24.3 Å². The molecule has 0 unspecified atom stereocenters. The van der Waals surface area contributed by atoms with E-state index >= 15 is 0 Å². The maximum Gasteiger partial charge on any atom is 0.123 e. The normalized spacial score (nSPS) is 30.5. The summed E-state index contributed by atoms with van der Waals surface area (Å²) in [5, 5.41) is 2.18. The van der Waals surface area contributed by atoms with E-state index in [2.05, 4.69) is 37.2 Å². The Balaban J connectivity index is 1.71. The first-order valence-electron chi connectivity index (χ1n) is 8.46. The van der Waals surface area contributed by atoms with Gasteiger partial charge in [0.15, 0.2) is 0 Å². The average Bonchev–Trinajstić information content (AvgIpc) is 3.07. The number of halogens is 1. The van der Waals surface area contributed by atoms with Crippen LogP contribution in [0, 0.1) is 23.6 Å². The summed E-state index contributed by atoms with van der Waals surface area (Å²) in [5.74, 6) is 3.09. The highest BCUT2D eigenvalue weighted by Crippen LogP contribution is 2.56. The van der Waals surface area contributed by atoms with E-state index in [4.69, 9.17) is 0 Å². The molecule has 0 amide bonds. The summed E-state index contributed by atoms with van der Waals surface area (Å²) in [6.07, 6.45) is 4.21. The van der Waals surface area contributed by atoms with Gasteiger partial charge in [0.2, 0.25) is 0 Å². The van der Waals surface area contributed by atoms with Crippen LogP contribution in [0.2, 0.25) is 0 Å². The highest BCUT2D eigenvalue weighted by Gasteiger charge is 2.47. The minimum Gasteiger partial charge on any atom is -0.309 e. The molecule has 2 aromatic rings. The topological polar surface area (TPSA) is 3.24 Å². The van der Waals surface area contributed by atoms with Crippen LogP contribution in [0.25, 0.3) is 10.8 Å². The van der Waals surface area contributed by atoms with Crippen LogP contribution < -0.4 is 0 Å². The molecule has 22 heavy (non-hydrogen) atoms. The lowest BCUT2D eigenvalue weighted by Crippen LogP contribution is -2.30. The van der Waals surface area contributed by atoms with Crippen molar-refractivity contribution >= 4 is 10.8 Å². The van der Waals surface area contributed by atoms with E-state index in [1.54, 1.807) is 12.1 Å². The molecule has 0 spiro atoms. The second kappa shape index (κ2) is 5.34. The molecule has 0 aromatic heterocycles. The van der Waals surface area contributed by atoms with Crippen molar-refractivity contribution in [3.8, 4) is 0 Å². The molecule has 1 nitrogen and oxygen atoms in total. The van der Waals surface area contributed by atoms with Gasteiger partial charge in [-0.15, -0.1) is 0 Å². The molecule has 2 saturated carbocycles. The zero-order valence-corrected chi connectivity index (χ0v) is 13.4. The predicted octanol–water partition coefficient (Wildman–Crippen LogP) is 4.67. The third kappa shape index (κ3) is 2.34. The van der Waals surface area contributed by atoms with E-state index in [9.17, 15) is 4.39 Å². The van der Waals surface area contributed by atoms with Gasteiger partial charge in [-0.2, -0.15) is 0 Å². The van der Waals surface area contributed by atoms with E-state index in [1.807, 2.05) is 6.07 Å². The van der Waals surface area contributed by atoms with Crippen LogP contribution in [0.3, 0.4) is 0 Å². The van der Waals surface area contributed by atoms with Crippen molar-refractivity contribution in [2.75, 3.05) is 20.6 Å². The first-order chi connectivity index (χ1) is 10.6. The van der Waals surface area contributed by atoms with Gasteiger partial charge >= 0.3 is 0 Å². The maximum atomic E-state index is 13.4. The van der Waals surface area contributed by atoms with Crippen LogP contribution in [-0.2, 0) is 0 Å². The summed E-state index contributed by atoms with van der Waals surface area (Å²) < 4.78 is 13.4. The number of hydrogen-bond acceptors (Lipinski definition) is 1. The number of rotatable bonds is 3. The Morgan fingerprint density at radius 1 is 1.00 bits per heavy atom. The Hall–Kier alpha value is -1.41. The third-order valence-electron chi connectivity index (χ3n) is 5.88. The summed E-state index contributed by atoms with van der Waals surface area (Å²) in [4.78, 5) is 2.34. The minimum absolute atomic E-state index is 0.148. The van der Waals surface area contributed by atoms with Gasteiger partial charge in [-0.05, 0) is 85.5 Å². The zero-order valence-electron chi connectivity index (χ0n) is 13.4. The molecule has 2 aromatic carbocycles. The summed E-state index contributed by atoms with van der Waals surface area (Å²) in [6, 6.07) is 11.8. The summed E-state index contributed by atoms with van der Waals surface area (Å²) in [7, 11) is 4.37. The smallest absolute Gasteiger partial charge is 0.123 e. The molecule has 0 radical (unpaired) electrons. The van der Waals surface area contributed by atoms with Gasteiger partial charge in [0.25, 0.3) is 0 Å². The maximum absolute atomic E-state index is 13.4. The molecule has 0 N–H and O–H groups in total. The van der Waals surface area contributed by atoms with Gasteiger partial charge in [0.05, 0.1) is 0 Å². The van der Waals surface area contributed by atoms with Crippen molar-refractivity contribution in [2.45, 2.75) is 25.2 Å². The van der Waals surface area contributed by atoms with Crippen molar-refractivity contribution in [1.29, 1.82) is 0 Å². The fraction of sp³-hybridized carbons (Fsp3) is 0.500. The fourth-order valence-electron chi connectivity index (χ4n) is 5.06. The van der Waals surface area contributed by atoms with Crippen LogP contribution in [0.1, 0.15) is 30.7 Å². The summed E-state index contributed by atoms with van der Waals surface area (Å²) in [6.45, 7) is 1.19. The van der Waals surface area contributed by atoms with Crippen molar-refractivity contribution in [3.63, 3.8) is 0 Å². The standard InChI is InChI=1S/C20H24FN/c1-22(2)12-19-15-4-6-17(10-15)20(19)16-5-3-14-11-18(21)8-7-13(14)9-16/h3,5,7-9,11,15,17,19-20H,4,6,10,12H2,1-2H3/t15-,17+,19-,20-/m0/s1. The first kappa shape index (κ1) is 14.2. The Kier molecular flexibility index (Phi) is 3.45. The van der Waals surface area contributed by atoms with Crippen molar-refractivity contribution in [2.24, 2.45) is 17.8 Å². The lowest BCUT2D eigenvalue weighted by Gasteiger charge is -2.33. The van der Waals surface area contributed by atoms with E-state index < -0.39 is 0 Å². The van der Waals surface area contributed by atoms with E-state index in [0.29, 0.717) is 5.92 Å². The van der Waals surface area contributed by atoms with Crippen LogP contribution in [0.15, 0.2) is 36.4 Å². The van der Waals surface area contributed by atoms with Crippen LogP contribution in [-0.4, -0.2) is 25.5 Å². The average molecular weight is 297 g/mol. The quantitative estimate of drug-likeness (QED) is 0.795. The lowest BCUT2D eigenvalue weighted by atomic mass is 9.75. The van der Waals surface area contributed by atoms with Gasteiger partial charge in [-0.25, -0.2) is 4.39 Å². The molecule has 0 aliphatic heterocycles. The Labute approximate surface area is 132 Å². The fourth-order valence-corrected chi connectivity index (χ4v) is 5.06. The van der Waals surface area contributed by atoms with Crippen molar-refractivity contribution in [1.82, 2.24) is 4.90 Å². The molecule has 4 atom stereocenters. The molecular weight excluding hydrogens is 273 g/mol. The summed E-state index contributed by atoms with van der Waals surface area (Å²) >= 11 is 0. The van der Waals surface area contributed by atoms with Gasteiger partial charge in [-0.3, -0.25) is 0 Å². The van der Waals surface area contributed by atoms with Crippen molar-refractivity contribution < 1.29 is 4.39 Å². The Morgan fingerprint density at radius 3 is 2.55 bits per heavy atom. The van der Waals surface area contributed by atoms with Crippen LogP contribution >= 0.6 is 0 Å². The van der Waals surface area contributed by atoms with Crippen LogP contribution in [0.4, 0.5) is 4.39 Å². The minimum atomic E-state index is -0.148. The number of hydrogen-bond donors (Lipinski definition) is 0. The molecular formula is C20H24FN. The SMILES string of the molecule is CN(C)C[C@H]1[C@H]2CC[C@H](C2)[C@@H]1c1ccc2cc(F)ccc2c1. The van der Waals surface area contributed by atoms with Gasteiger partial charge in [0, 0.05) is 6.54 Å². The largest absolute Gasteiger partial charge is 0.309 e. The van der Waals surface area contributed by atoms with E-state index in [1.165, 1.54) is 36.8 Å². The Bertz CT molecular complexity index is 693. The van der Waals surface area contributed by atoms with E-state index in [0.717, 1.165) is 23.1 Å². The first-order valence-corrected chi connectivity index (χ1v) is 8.46. The molecule has 2 fully saturated rings. The number of nitrogens with zero attached hydrogens (tertiary/aromatic N) is 1. The second-order valence-corrected chi connectivity index (χ2v) is 7.54. The van der Waals surface area contributed by atoms with Gasteiger partial charge < -0.3 is 4.90 Å².